The molecule has 150 valence electrons. The Bertz CT molecular complexity index is 551. The van der Waals surface area contributed by atoms with E-state index in [9.17, 15) is 4.79 Å². The van der Waals surface area contributed by atoms with Crippen LogP contribution in [-0.4, -0.2) is 16.1 Å². The number of hydrogen-bond acceptors (Lipinski definition) is 3. The van der Waals surface area contributed by atoms with Crippen LogP contribution in [0.25, 0.3) is 0 Å². The van der Waals surface area contributed by atoms with E-state index in [1.54, 1.807) is 37.4 Å². The summed E-state index contributed by atoms with van der Waals surface area (Å²) >= 11 is 0. The van der Waals surface area contributed by atoms with E-state index in [0.29, 0.717) is 0 Å². The van der Waals surface area contributed by atoms with E-state index < -0.39 is 5.91 Å². The first-order valence-electron chi connectivity index (χ1n) is 8.69. The van der Waals surface area contributed by atoms with Crippen molar-refractivity contribution >= 4 is 5.91 Å². The van der Waals surface area contributed by atoms with Gasteiger partial charge in [-0.15, -0.1) is 18.9 Å². The SMILES string of the molecule is C#CC.C=CC.C=CC=CC/C=C\C.CC.Cc1ccc(C(=O)NO)nc1. The minimum atomic E-state index is -0.593. The van der Waals surface area contributed by atoms with Crippen molar-refractivity contribution in [1.29, 1.82) is 0 Å². The Labute approximate surface area is 166 Å². The molecule has 4 heteroatoms. The lowest BCUT2D eigenvalue weighted by atomic mass is 10.3. The van der Waals surface area contributed by atoms with Gasteiger partial charge in [-0.3, -0.25) is 15.0 Å². The van der Waals surface area contributed by atoms with Gasteiger partial charge in [0.1, 0.15) is 5.69 Å². The Balaban J connectivity index is -0.000000145. The predicted octanol–water partition coefficient (Wildman–Crippen LogP) is 6.06. The number of nitrogens with one attached hydrogen (secondary N) is 1. The second kappa shape index (κ2) is 30.9. The monoisotopic (exact) mass is 372 g/mol. The van der Waals surface area contributed by atoms with Crippen molar-refractivity contribution in [2.24, 2.45) is 0 Å². The summed E-state index contributed by atoms with van der Waals surface area (Å²) in [6, 6.07) is 3.29. The zero-order chi connectivity index (χ0) is 21.9. The summed E-state index contributed by atoms with van der Waals surface area (Å²) in [7, 11) is 0. The lowest BCUT2D eigenvalue weighted by Gasteiger charge is -1.96. The van der Waals surface area contributed by atoms with Crippen LogP contribution in [0.5, 0.6) is 0 Å². The number of allylic oxidation sites excluding steroid dienone is 6. The average Bonchev–Trinajstić information content (AvgIpc) is 2.69. The van der Waals surface area contributed by atoms with E-state index in [1.807, 2.05) is 46.8 Å². The van der Waals surface area contributed by atoms with Crippen molar-refractivity contribution in [3.8, 4) is 12.3 Å². The summed E-state index contributed by atoms with van der Waals surface area (Å²) in [5.41, 5.74) is 2.68. The van der Waals surface area contributed by atoms with Gasteiger partial charge in [-0.25, -0.2) is 5.48 Å². The number of carbonyl (C=O) groups excluding carboxylic acids is 1. The maximum atomic E-state index is 10.7. The number of carbonyl (C=O) groups is 1. The predicted molar refractivity (Wildman–Crippen MR) is 119 cm³/mol. The van der Waals surface area contributed by atoms with Gasteiger partial charge in [0.15, 0.2) is 0 Å². The van der Waals surface area contributed by atoms with Crippen LogP contribution in [0, 0.1) is 19.3 Å². The van der Waals surface area contributed by atoms with Crippen LogP contribution >= 0.6 is 0 Å². The number of amides is 1. The summed E-state index contributed by atoms with van der Waals surface area (Å²) in [4.78, 5) is 14.5. The van der Waals surface area contributed by atoms with Crippen molar-refractivity contribution < 1.29 is 10.0 Å². The molecule has 0 saturated heterocycles. The highest BCUT2D eigenvalue weighted by atomic mass is 16.5. The normalized spacial score (nSPS) is 8.07. The minimum absolute atomic E-state index is 0.207. The van der Waals surface area contributed by atoms with Crippen molar-refractivity contribution in [2.45, 2.75) is 48.0 Å². The van der Waals surface area contributed by atoms with E-state index in [1.165, 1.54) is 5.48 Å². The van der Waals surface area contributed by atoms with Gasteiger partial charge < -0.3 is 0 Å². The summed E-state index contributed by atoms with van der Waals surface area (Å²) < 4.78 is 0. The third-order valence-electron chi connectivity index (χ3n) is 2.03. The molecule has 0 spiro atoms. The number of pyridine rings is 1. The number of rotatable bonds is 4. The van der Waals surface area contributed by atoms with Gasteiger partial charge in [0, 0.05) is 6.20 Å². The number of nitrogens with zero attached hydrogens (tertiary/aromatic N) is 1. The van der Waals surface area contributed by atoms with Gasteiger partial charge in [0.2, 0.25) is 0 Å². The lowest BCUT2D eigenvalue weighted by molar-refractivity contribution is 0.0700. The molecule has 0 aliphatic rings. The molecule has 1 heterocycles. The molecule has 4 nitrogen and oxygen atoms in total. The van der Waals surface area contributed by atoms with Gasteiger partial charge >= 0.3 is 0 Å². The van der Waals surface area contributed by atoms with E-state index in [0.717, 1.165) is 12.0 Å². The zero-order valence-electron chi connectivity index (χ0n) is 17.7. The molecular weight excluding hydrogens is 336 g/mol. The second-order valence-corrected chi connectivity index (χ2v) is 4.33. The summed E-state index contributed by atoms with van der Waals surface area (Å²) in [6.07, 6.45) is 18.8. The molecule has 0 unspecified atom stereocenters. The molecule has 1 amide bonds. The first-order valence-corrected chi connectivity index (χ1v) is 8.69. The largest absolute Gasteiger partial charge is 0.293 e. The van der Waals surface area contributed by atoms with Crippen molar-refractivity contribution in [2.75, 3.05) is 0 Å². The minimum Gasteiger partial charge on any atom is -0.288 e. The standard InChI is InChI=1S/C8H12.C7H8N2O2.C3H6.C3H4.C2H6/c1-3-5-7-8-6-4-2;1-5-2-3-6(8-4-5)7(10)9-11;2*1-3-2;1-2/h3-7H,1,8H2,2H3;2-4,11H,1H3,(H,9,10);3H,1H2,2H3;1H,2H3;1-2H3/b6-4-,7-5?;;;;. The molecule has 1 aromatic rings. The first kappa shape index (κ1) is 31.8. The highest BCUT2D eigenvalue weighted by Gasteiger charge is 2.02. The highest BCUT2D eigenvalue weighted by molar-refractivity contribution is 5.91. The topological polar surface area (TPSA) is 62.2 Å². The molecule has 0 aliphatic carbocycles. The molecule has 0 aromatic carbocycles. The van der Waals surface area contributed by atoms with Gasteiger partial charge in [0.05, 0.1) is 0 Å². The van der Waals surface area contributed by atoms with E-state index in [2.05, 4.69) is 42.6 Å². The Morgan fingerprint density at radius 1 is 1.30 bits per heavy atom. The first-order chi connectivity index (χ1) is 13.0. The molecule has 0 atom stereocenters. The Kier molecular flexibility index (Phi) is 36.5. The lowest BCUT2D eigenvalue weighted by Crippen LogP contribution is -2.19. The number of hydrogen-bond donors (Lipinski definition) is 2. The average molecular weight is 373 g/mol. The molecule has 27 heavy (non-hydrogen) atoms. The fourth-order valence-electron chi connectivity index (χ4n) is 1.05. The molecular formula is C23H36N2O2. The molecule has 2 N–H and O–H groups in total. The van der Waals surface area contributed by atoms with Crippen molar-refractivity contribution in [3.05, 3.63) is 79.2 Å². The Morgan fingerprint density at radius 3 is 2.15 bits per heavy atom. The van der Waals surface area contributed by atoms with Crippen LogP contribution < -0.4 is 5.48 Å². The van der Waals surface area contributed by atoms with Gasteiger partial charge in [0.25, 0.3) is 5.91 Å². The molecule has 1 aromatic heterocycles. The fraction of sp³-hybridized carbons (Fsp3) is 0.304. The van der Waals surface area contributed by atoms with Gasteiger partial charge in [-0.2, -0.15) is 0 Å². The maximum Gasteiger partial charge on any atom is 0.293 e. The Hall–Kier alpha value is -2.90. The highest BCUT2D eigenvalue weighted by Crippen LogP contribution is 1.97. The molecule has 0 radical (unpaired) electrons. The van der Waals surface area contributed by atoms with Crippen LogP contribution in [-0.2, 0) is 0 Å². The zero-order valence-corrected chi connectivity index (χ0v) is 17.7. The van der Waals surface area contributed by atoms with Crippen LogP contribution in [0.2, 0.25) is 0 Å². The van der Waals surface area contributed by atoms with Crippen molar-refractivity contribution in [3.63, 3.8) is 0 Å². The Morgan fingerprint density at radius 2 is 1.81 bits per heavy atom. The van der Waals surface area contributed by atoms with Crippen LogP contribution in [0.15, 0.2) is 67.9 Å². The number of terminal acetylenes is 1. The van der Waals surface area contributed by atoms with Gasteiger partial charge in [-0.05, 0) is 45.7 Å². The number of aryl methyl sites for hydroxylation is 1. The van der Waals surface area contributed by atoms with Crippen LogP contribution in [0.4, 0.5) is 0 Å². The third kappa shape index (κ3) is 31.4. The van der Waals surface area contributed by atoms with E-state index in [-0.39, 0.29) is 5.69 Å². The summed E-state index contributed by atoms with van der Waals surface area (Å²) in [6.45, 7) is 18.3. The molecule has 1 rings (SSSR count). The number of aromatic nitrogens is 1. The van der Waals surface area contributed by atoms with Crippen molar-refractivity contribution in [1.82, 2.24) is 10.5 Å². The van der Waals surface area contributed by atoms with E-state index in [4.69, 9.17) is 5.21 Å². The quantitative estimate of drug-likeness (QED) is 0.222. The second-order valence-electron chi connectivity index (χ2n) is 4.33. The van der Waals surface area contributed by atoms with E-state index >= 15 is 0 Å². The fourth-order valence-corrected chi connectivity index (χ4v) is 1.05. The van der Waals surface area contributed by atoms with Crippen LogP contribution in [0.1, 0.15) is 57.1 Å². The molecule has 0 aliphatic heterocycles. The molecule has 0 saturated carbocycles. The molecule has 0 bridgehead atoms. The molecule has 0 fully saturated rings. The van der Waals surface area contributed by atoms with Gasteiger partial charge in [-0.1, -0.05) is 62.9 Å². The smallest absolute Gasteiger partial charge is 0.288 e. The summed E-state index contributed by atoms with van der Waals surface area (Å²) in [5.74, 6) is 1.66. The van der Waals surface area contributed by atoms with Crippen LogP contribution in [0.3, 0.4) is 0 Å². The maximum absolute atomic E-state index is 10.7. The third-order valence-corrected chi connectivity index (χ3v) is 2.03. The summed E-state index contributed by atoms with van der Waals surface area (Å²) in [5, 5.41) is 8.22. The number of hydroxylamine groups is 1.